The normalized spacial score (nSPS) is 23.8. The topological polar surface area (TPSA) is 81.1 Å². The van der Waals surface area contributed by atoms with Gasteiger partial charge in [0.1, 0.15) is 10.7 Å². The summed E-state index contributed by atoms with van der Waals surface area (Å²) in [5, 5.41) is 21.2. The molecule has 0 saturated carbocycles. The zero-order chi connectivity index (χ0) is 17.8. The maximum atomic E-state index is 12.2. The van der Waals surface area contributed by atoms with E-state index in [1.165, 1.54) is 16.2 Å². The van der Waals surface area contributed by atoms with E-state index in [9.17, 15) is 19.8 Å². The molecule has 8 heteroatoms. The third-order valence-electron chi connectivity index (χ3n) is 4.48. The van der Waals surface area contributed by atoms with Gasteiger partial charge in [-0.2, -0.15) is 0 Å². The monoisotopic (exact) mass is 366 g/mol. The van der Waals surface area contributed by atoms with Gasteiger partial charge in [0, 0.05) is 35.5 Å². The summed E-state index contributed by atoms with van der Waals surface area (Å²) >= 11 is 6.77. The molecule has 1 fully saturated rings. The molecule has 2 aliphatic rings. The van der Waals surface area contributed by atoms with Crippen LogP contribution in [0.4, 0.5) is 0 Å². The fourth-order valence-corrected chi connectivity index (χ4v) is 4.50. The first-order valence-corrected chi connectivity index (χ1v) is 8.81. The van der Waals surface area contributed by atoms with Crippen LogP contribution in [0.1, 0.15) is 23.8 Å². The van der Waals surface area contributed by atoms with Gasteiger partial charge in [-0.05, 0) is 19.4 Å². The first kappa shape index (κ1) is 17.1. The van der Waals surface area contributed by atoms with Crippen LogP contribution in [0.2, 0.25) is 0 Å². The minimum absolute atomic E-state index is 0.0334. The first-order valence-electron chi connectivity index (χ1n) is 7.52. The summed E-state index contributed by atoms with van der Waals surface area (Å²) < 4.78 is 0. The zero-order valence-corrected chi connectivity index (χ0v) is 15.1. The van der Waals surface area contributed by atoms with E-state index in [2.05, 4.69) is 0 Å². The molecule has 0 aromatic carbocycles. The number of thiocarbonyl (C=S) groups is 1. The summed E-state index contributed by atoms with van der Waals surface area (Å²) in [4.78, 5) is 28.5. The van der Waals surface area contributed by atoms with Gasteiger partial charge in [0.2, 0.25) is 5.91 Å². The summed E-state index contributed by atoms with van der Waals surface area (Å²) in [7, 11) is 3.71. The van der Waals surface area contributed by atoms with Crippen LogP contribution >= 0.6 is 23.6 Å². The molecule has 0 radical (unpaired) electrons. The number of hydrogen-bond acceptors (Lipinski definition) is 5. The Kier molecular flexibility index (Phi) is 4.23. The Morgan fingerprint density at radius 2 is 2.17 bits per heavy atom. The minimum atomic E-state index is -1.12. The molecule has 1 amide bonds. The number of carboxylic acids is 1. The molecule has 3 atom stereocenters. The van der Waals surface area contributed by atoms with Crippen molar-refractivity contribution >= 4 is 46.0 Å². The van der Waals surface area contributed by atoms with Crippen LogP contribution in [0.5, 0.6) is 0 Å². The van der Waals surface area contributed by atoms with Crippen molar-refractivity contribution in [2.75, 3.05) is 14.1 Å². The minimum Gasteiger partial charge on any atom is -0.477 e. The molecule has 1 saturated heterocycles. The molecular formula is C16H18N2O4S2. The lowest BCUT2D eigenvalue weighted by Gasteiger charge is -2.44. The largest absolute Gasteiger partial charge is 0.477 e. The number of fused-ring (bicyclic) bond motifs is 1. The van der Waals surface area contributed by atoms with Crippen molar-refractivity contribution in [3.05, 3.63) is 27.6 Å². The highest BCUT2D eigenvalue weighted by Gasteiger charge is 2.56. The van der Waals surface area contributed by atoms with E-state index in [-0.39, 0.29) is 17.6 Å². The molecule has 2 aliphatic heterocycles. The van der Waals surface area contributed by atoms with Crippen LogP contribution < -0.4 is 0 Å². The van der Waals surface area contributed by atoms with Gasteiger partial charge in [-0.3, -0.25) is 4.79 Å². The lowest BCUT2D eigenvalue weighted by molar-refractivity contribution is -0.161. The van der Waals surface area contributed by atoms with Crippen LogP contribution in [-0.4, -0.2) is 63.1 Å². The summed E-state index contributed by atoms with van der Waals surface area (Å²) in [5.41, 5.74) is 1.53. The average molecular weight is 366 g/mol. The van der Waals surface area contributed by atoms with Gasteiger partial charge in [0.05, 0.1) is 18.1 Å². The third-order valence-corrected chi connectivity index (χ3v) is 6.07. The van der Waals surface area contributed by atoms with Crippen molar-refractivity contribution in [2.24, 2.45) is 5.92 Å². The number of aliphatic carboxylic acids is 1. The predicted molar refractivity (Wildman–Crippen MR) is 94.7 cm³/mol. The Bertz CT molecular complexity index is 766. The molecule has 24 heavy (non-hydrogen) atoms. The summed E-state index contributed by atoms with van der Waals surface area (Å²) in [6.45, 7) is 1.57. The number of rotatable bonds is 4. The number of thiophene rings is 1. The quantitative estimate of drug-likeness (QED) is 0.619. The molecule has 0 aliphatic carbocycles. The number of amides is 1. The second-order valence-corrected chi connectivity index (χ2v) is 7.58. The SMILES string of the molecule is C[C@@H](O)C1C(=O)N2C(C(=O)O)=C(c3cc(C(=S)N(C)C)cs3)CC12. The van der Waals surface area contributed by atoms with E-state index in [1.807, 2.05) is 30.4 Å². The maximum Gasteiger partial charge on any atom is 0.352 e. The van der Waals surface area contributed by atoms with E-state index < -0.39 is 18.0 Å². The highest BCUT2D eigenvalue weighted by molar-refractivity contribution is 7.80. The van der Waals surface area contributed by atoms with Gasteiger partial charge < -0.3 is 20.0 Å². The Morgan fingerprint density at radius 3 is 2.71 bits per heavy atom. The van der Waals surface area contributed by atoms with Crippen LogP contribution in [0.15, 0.2) is 17.1 Å². The third kappa shape index (κ3) is 2.45. The molecule has 1 aromatic rings. The number of carbonyl (C=O) groups is 2. The van der Waals surface area contributed by atoms with Gasteiger partial charge in [0.25, 0.3) is 0 Å². The standard InChI is InChI=1S/C16H18N2O4S2/c1-7(19)12-10-5-9(13(16(21)22)18(10)14(12)20)11-4-8(6-24-11)15(23)17(2)3/h4,6-7,10,12,19H,5H2,1-3H3,(H,21,22)/t7-,10?,12?/m1/s1. The molecule has 3 rings (SSSR count). The van der Waals surface area contributed by atoms with Crippen molar-refractivity contribution in [2.45, 2.75) is 25.5 Å². The molecule has 2 N–H and O–H groups in total. The number of aliphatic hydroxyl groups excluding tert-OH is 1. The number of aliphatic hydroxyl groups is 1. The van der Waals surface area contributed by atoms with Crippen LogP contribution in [0.25, 0.3) is 5.57 Å². The number of hydrogen-bond donors (Lipinski definition) is 2. The molecular weight excluding hydrogens is 348 g/mol. The van der Waals surface area contributed by atoms with E-state index in [4.69, 9.17) is 12.2 Å². The van der Waals surface area contributed by atoms with E-state index in [0.717, 1.165) is 10.4 Å². The second-order valence-electron chi connectivity index (χ2n) is 6.28. The zero-order valence-electron chi connectivity index (χ0n) is 13.5. The average Bonchev–Trinajstić information content (AvgIpc) is 3.07. The Morgan fingerprint density at radius 1 is 1.50 bits per heavy atom. The molecule has 6 nitrogen and oxygen atoms in total. The van der Waals surface area contributed by atoms with Gasteiger partial charge in [-0.15, -0.1) is 11.3 Å². The fraction of sp³-hybridized carbons (Fsp3) is 0.438. The smallest absolute Gasteiger partial charge is 0.352 e. The number of nitrogens with zero attached hydrogens (tertiary/aromatic N) is 2. The lowest BCUT2D eigenvalue weighted by Crippen LogP contribution is -2.61. The summed E-state index contributed by atoms with van der Waals surface area (Å²) in [5.74, 6) is -1.96. The van der Waals surface area contributed by atoms with Gasteiger partial charge >= 0.3 is 5.97 Å². The van der Waals surface area contributed by atoms with Crippen molar-refractivity contribution in [3.63, 3.8) is 0 Å². The molecule has 3 heterocycles. The van der Waals surface area contributed by atoms with Gasteiger partial charge in [-0.25, -0.2) is 4.79 Å². The molecule has 128 valence electrons. The summed E-state index contributed by atoms with van der Waals surface area (Å²) in [6, 6.07) is 1.60. The number of carbonyl (C=O) groups excluding carboxylic acids is 1. The van der Waals surface area contributed by atoms with Crippen molar-refractivity contribution in [3.8, 4) is 0 Å². The molecule has 1 aromatic heterocycles. The molecule has 0 spiro atoms. The van der Waals surface area contributed by atoms with Gasteiger partial charge in [0.15, 0.2) is 0 Å². The number of carboxylic acid groups (broad SMARTS) is 1. The fourth-order valence-electron chi connectivity index (χ4n) is 3.35. The maximum absolute atomic E-state index is 12.2. The highest BCUT2D eigenvalue weighted by Crippen LogP contribution is 2.47. The highest BCUT2D eigenvalue weighted by atomic mass is 32.1. The Labute approximate surface area is 149 Å². The number of β-lactam (4-membered cyclic amide) rings is 1. The lowest BCUT2D eigenvalue weighted by atomic mass is 9.83. The first-order chi connectivity index (χ1) is 11.2. The van der Waals surface area contributed by atoms with Crippen molar-refractivity contribution in [1.29, 1.82) is 0 Å². The molecule has 0 bridgehead atoms. The van der Waals surface area contributed by atoms with E-state index in [0.29, 0.717) is 17.0 Å². The predicted octanol–water partition coefficient (Wildman–Crippen LogP) is 1.39. The van der Waals surface area contributed by atoms with Gasteiger partial charge in [-0.1, -0.05) is 12.2 Å². The van der Waals surface area contributed by atoms with Crippen LogP contribution in [0, 0.1) is 5.92 Å². The molecule has 2 unspecified atom stereocenters. The summed E-state index contributed by atoms with van der Waals surface area (Å²) in [6.07, 6.45) is -0.342. The van der Waals surface area contributed by atoms with Crippen molar-refractivity contribution < 1.29 is 19.8 Å². The van der Waals surface area contributed by atoms with E-state index >= 15 is 0 Å². The van der Waals surface area contributed by atoms with Crippen LogP contribution in [-0.2, 0) is 9.59 Å². The Balaban J connectivity index is 1.97. The van der Waals surface area contributed by atoms with Crippen LogP contribution in [0.3, 0.4) is 0 Å². The second kappa shape index (κ2) is 5.94. The van der Waals surface area contributed by atoms with Crippen molar-refractivity contribution in [1.82, 2.24) is 9.80 Å². The Hall–Kier alpha value is -1.77. The van der Waals surface area contributed by atoms with E-state index in [1.54, 1.807) is 6.92 Å².